The van der Waals surface area contributed by atoms with Crippen LogP contribution in [0.15, 0.2) is 24.3 Å². The molecule has 0 N–H and O–H groups in total. The molecule has 2 bridgehead atoms. The number of benzene rings is 1. The van der Waals surface area contributed by atoms with Gasteiger partial charge in [-0.15, -0.1) is 0 Å². The fourth-order valence-electron chi connectivity index (χ4n) is 3.10. The van der Waals surface area contributed by atoms with E-state index in [2.05, 4.69) is 0 Å². The average Bonchev–Trinajstić information content (AvgIpc) is 3.08. The number of aldehydes is 1. The second kappa shape index (κ2) is 5.03. The number of piperidine rings is 1. The Morgan fingerprint density at radius 3 is 2.68 bits per heavy atom. The predicted octanol–water partition coefficient (Wildman–Crippen LogP) is 1.89. The Kier molecular flexibility index (Phi) is 3.23. The van der Waals surface area contributed by atoms with Crippen LogP contribution in [0.2, 0.25) is 0 Å². The van der Waals surface area contributed by atoms with Crippen molar-refractivity contribution in [2.45, 2.75) is 25.3 Å². The first kappa shape index (κ1) is 12.2. The van der Waals surface area contributed by atoms with Crippen molar-refractivity contribution in [2.24, 2.45) is 5.92 Å². The van der Waals surface area contributed by atoms with Crippen LogP contribution in [0.25, 0.3) is 0 Å². The number of ether oxygens (including phenoxy) is 1. The van der Waals surface area contributed by atoms with Crippen molar-refractivity contribution in [3.8, 4) is 5.75 Å². The molecule has 2 fully saturated rings. The maximum Gasteiger partial charge on any atom is 0.260 e. The Balaban J connectivity index is 1.54. The van der Waals surface area contributed by atoms with Crippen molar-refractivity contribution in [3.05, 3.63) is 29.8 Å². The molecule has 1 saturated heterocycles. The molecule has 1 saturated carbocycles. The molecule has 1 aliphatic heterocycles. The third-order valence-electron chi connectivity index (χ3n) is 4.11. The van der Waals surface area contributed by atoms with Gasteiger partial charge in [-0.1, -0.05) is 0 Å². The van der Waals surface area contributed by atoms with Crippen LogP contribution in [0.3, 0.4) is 0 Å². The van der Waals surface area contributed by atoms with Crippen LogP contribution in [-0.2, 0) is 4.79 Å². The number of hydrogen-bond acceptors (Lipinski definition) is 3. The summed E-state index contributed by atoms with van der Waals surface area (Å²) in [5, 5.41) is 0. The molecule has 0 spiro atoms. The van der Waals surface area contributed by atoms with Crippen LogP contribution in [0.5, 0.6) is 5.75 Å². The summed E-state index contributed by atoms with van der Waals surface area (Å²) in [5.74, 6) is 1.41. The van der Waals surface area contributed by atoms with Gasteiger partial charge in [0.05, 0.1) is 0 Å². The number of carbonyl (C=O) groups is 2. The minimum absolute atomic E-state index is 0.0756. The summed E-state index contributed by atoms with van der Waals surface area (Å²) in [4.78, 5) is 24.6. The smallest absolute Gasteiger partial charge is 0.260 e. The summed E-state index contributed by atoms with van der Waals surface area (Å²) >= 11 is 0. The van der Waals surface area contributed by atoms with Gasteiger partial charge in [0.1, 0.15) is 12.0 Å². The predicted molar refractivity (Wildman–Crippen MR) is 70.2 cm³/mol. The number of fused-ring (bicyclic) bond motifs is 2. The Labute approximate surface area is 112 Å². The standard InChI is InChI=1S/C15H17NO3/c17-9-11-2-5-14(6-3-11)19-10-15(18)16-8-12-1-4-13(16)7-12/h2-3,5-6,9,12-13H,1,4,7-8,10H2. The molecule has 2 atom stereocenters. The van der Waals surface area contributed by atoms with E-state index in [1.807, 2.05) is 4.90 Å². The lowest BCUT2D eigenvalue weighted by atomic mass is 10.1. The Hall–Kier alpha value is -1.84. The van der Waals surface area contributed by atoms with Crippen LogP contribution in [0, 0.1) is 5.92 Å². The fraction of sp³-hybridized carbons (Fsp3) is 0.467. The number of likely N-dealkylation sites (tertiary alicyclic amines) is 1. The summed E-state index contributed by atoms with van der Waals surface area (Å²) in [6.07, 6.45) is 4.36. The molecule has 1 heterocycles. The molecule has 0 aromatic heterocycles. The van der Waals surface area contributed by atoms with E-state index >= 15 is 0 Å². The number of nitrogens with zero attached hydrogens (tertiary/aromatic N) is 1. The van der Waals surface area contributed by atoms with Gasteiger partial charge in [-0.2, -0.15) is 0 Å². The third-order valence-corrected chi connectivity index (χ3v) is 4.11. The monoisotopic (exact) mass is 259 g/mol. The first-order valence-electron chi connectivity index (χ1n) is 6.74. The highest BCUT2D eigenvalue weighted by atomic mass is 16.5. The number of rotatable bonds is 4. The van der Waals surface area contributed by atoms with E-state index in [0.29, 0.717) is 23.3 Å². The molecule has 2 aliphatic rings. The highest BCUT2D eigenvalue weighted by Gasteiger charge is 2.40. The van der Waals surface area contributed by atoms with Crippen molar-refractivity contribution in [1.82, 2.24) is 4.90 Å². The normalized spacial score (nSPS) is 24.5. The molecule has 1 aliphatic carbocycles. The summed E-state index contributed by atoms with van der Waals surface area (Å²) in [6, 6.07) is 7.24. The van der Waals surface area contributed by atoms with Gasteiger partial charge in [-0.3, -0.25) is 9.59 Å². The van der Waals surface area contributed by atoms with Crippen LogP contribution in [0.4, 0.5) is 0 Å². The van der Waals surface area contributed by atoms with Crippen molar-refractivity contribution >= 4 is 12.2 Å². The van der Waals surface area contributed by atoms with Gasteiger partial charge in [-0.25, -0.2) is 0 Å². The van der Waals surface area contributed by atoms with E-state index in [1.165, 1.54) is 12.8 Å². The lowest BCUT2D eigenvalue weighted by molar-refractivity contribution is -0.135. The van der Waals surface area contributed by atoms with Gasteiger partial charge < -0.3 is 9.64 Å². The minimum Gasteiger partial charge on any atom is -0.484 e. The highest BCUT2D eigenvalue weighted by Crippen LogP contribution is 2.37. The molecule has 0 radical (unpaired) electrons. The van der Waals surface area contributed by atoms with E-state index in [4.69, 9.17) is 4.74 Å². The molecule has 2 unspecified atom stereocenters. The second-order valence-corrected chi connectivity index (χ2v) is 5.35. The molecular weight excluding hydrogens is 242 g/mol. The minimum atomic E-state index is 0.0756. The lowest BCUT2D eigenvalue weighted by Crippen LogP contribution is -2.40. The van der Waals surface area contributed by atoms with Crippen molar-refractivity contribution in [2.75, 3.05) is 13.2 Å². The van der Waals surface area contributed by atoms with Crippen LogP contribution >= 0.6 is 0 Å². The Morgan fingerprint density at radius 2 is 2.11 bits per heavy atom. The van der Waals surface area contributed by atoms with E-state index < -0.39 is 0 Å². The van der Waals surface area contributed by atoms with E-state index in [0.717, 1.165) is 19.3 Å². The average molecular weight is 259 g/mol. The van der Waals surface area contributed by atoms with Gasteiger partial charge in [0.15, 0.2) is 6.61 Å². The maximum atomic E-state index is 12.1. The SMILES string of the molecule is O=Cc1ccc(OCC(=O)N2CC3CCC2C3)cc1. The van der Waals surface area contributed by atoms with Gasteiger partial charge in [-0.05, 0) is 49.4 Å². The summed E-state index contributed by atoms with van der Waals surface area (Å²) in [7, 11) is 0. The van der Waals surface area contributed by atoms with E-state index in [9.17, 15) is 9.59 Å². The Morgan fingerprint density at radius 1 is 1.32 bits per heavy atom. The van der Waals surface area contributed by atoms with Gasteiger partial charge in [0.25, 0.3) is 5.91 Å². The first-order chi connectivity index (χ1) is 9.26. The third kappa shape index (κ3) is 2.48. The number of carbonyl (C=O) groups excluding carboxylic acids is 2. The summed E-state index contributed by atoms with van der Waals surface area (Å²) in [5.41, 5.74) is 0.607. The second-order valence-electron chi connectivity index (χ2n) is 5.35. The van der Waals surface area contributed by atoms with E-state index in [1.54, 1.807) is 24.3 Å². The van der Waals surface area contributed by atoms with Gasteiger partial charge in [0.2, 0.25) is 0 Å². The fourth-order valence-corrected chi connectivity index (χ4v) is 3.10. The molecular formula is C15H17NO3. The molecule has 1 aromatic carbocycles. The topological polar surface area (TPSA) is 46.6 Å². The maximum absolute atomic E-state index is 12.1. The van der Waals surface area contributed by atoms with E-state index in [-0.39, 0.29) is 12.5 Å². The quantitative estimate of drug-likeness (QED) is 0.776. The largest absolute Gasteiger partial charge is 0.484 e. The molecule has 3 rings (SSSR count). The summed E-state index contributed by atoms with van der Waals surface area (Å²) < 4.78 is 5.48. The zero-order valence-electron chi connectivity index (χ0n) is 10.7. The zero-order valence-corrected chi connectivity index (χ0v) is 10.7. The molecule has 19 heavy (non-hydrogen) atoms. The van der Waals surface area contributed by atoms with Crippen molar-refractivity contribution in [3.63, 3.8) is 0 Å². The van der Waals surface area contributed by atoms with Crippen molar-refractivity contribution < 1.29 is 14.3 Å². The molecule has 4 nitrogen and oxygen atoms in total. The van der Waals surface area contributed by atoms with Crippen LogP contribution < -0.4 is 4.74 Å². The molecule has 4 heteroatoms. The van der Waals surface area contributed by atoms with Crippen molar-refractivity contribution in [1.29, 1.82) is 0 Å². The van der Waals surface area contributed by atoms with Crippen LogP contribution in [0.1, 0.15) is 29.6 Å². The molecule has 1 amide bonds. The molecule has 1 aromatic rings. The van der Waals surface area contributed by atoms with Crippen LogP contribution in [-0.4, -0.2) is 36.3 Å². The summed E-state index contributed by atoms with van der Waals surface area (Å²) in [6.45, 7) is 0.987. The number of amides is 1. The molecule has 100 valence electrons. The highest BCUT2D eigenvalue weighted by molar-refractivity contribution is 5.78. The first-order valence-corrected chi connectivity index (χ1v) is 6.74. The Bertz CT molecular complexity index is 483. The van der Waals surface area contributed by atoms with Gasteiger partial charge in [0, 0.05) is 18.2 Å². The zero-order chi connectivity index (χ0) is 13.2. The number of hydrogen-bond donors (Lipinski definition) is 0. The lowest BCUT2D eigenvalue weighted by Gasteiger charge is -2.26. The van der Waals surface area contributed by atoms with Gasteiger partial charge >= 0.3 is 0 Å².